The van der Waals surface area contributed by atoms with E-state index < -0.39 is 14.2 Å². The van der Waals surface area contributed by atoms with Gasteiger partial charge in [-0.2, -0.15) is 0 Å². The van der Waals surface area contributed by atoms with Crippen LogP contribution in [-0.4, -0.2) is 48.2 Å². The Labute approximate surface area is 174 Å². The number of hydrogen-bond donors (Lipinski definition) is 4. The molecule has 154 valence electrons. The summed E-state index contributed by atoms with van der Waals surface area (Å²) in [6.45, 7) is 4.25. The standard InChI is InChI=1S/C20H22B2N2O6/c1-11(23-19(25)13-3-5-15-9-29-21(27)17(15)7-13)12(2)24-20(26)14-4-6-16-10-30-22(28)18(16)8-14/h3-8,11-12,27-28H,9-10H2,1-2H3,(H,23,25)(H,24,26). The Balaban J connectivity index is 1.37. The van der Waals surface area contributed by atoms with E-state index in [9.17, 15) is 19.6 Å². The summed E-state index contributed by atoms with van der Waals surface area (Å²) in [5.41, 5.74) is 3.74. The molecule has 2 aromatic rings. The van der Waals surface area contributed by atoms with Crippen molar-refractivity contribution in [3.8, 4) is 0 Å². The molecule has 4 N–H and O–H groups in total. The van der Waals surface area contributed by atoms with Crippen molar-refractivity contribution in [2.45, 2.75) is 39.1 Å². The summed E-state index contributed by atoms with van der Waals surface area (Å²) in [6, 6.07) is 9.45. The molecule has 10 heteroatoms. The molecular formula is C20H22B2N2O6. The minimum Gasteiger partial charge on any atom is -0.423 e. The highest BCUT2D eigenvalue weighted by atomic mass is 16.5. The quantitative estimate of drug-likeness (QED) is 0.475. The van der Waals surface area contributed by atoms with Crippen molar-refractivity contribution >= 4 is 37.0 Å². The Hall–Kier alpha value is -2.65. The lowest BCUT2D eigenvalue weighted by Crippen LogP contribution is -2.48. The first-order valence-electron chi connectivity index (χ1n) is 9.80. The van der Waals surface area contributed by atoms with E-state index in [0.717, 1.165) is 11.1 Å². The molecule has 0 saturated carbocycles. The molecule has 0 bridgehead atoms. The van der Waals surface area contributed by atoms with Crippen LogP contribution in [0.4, 0.5) is 0 Å². The molecule has 0 radical (unpaired) electrons. The predicted octanol–water partition coefficient (Wildman–Crippen LogP) is -0.941. The second-order valence-electron chi connectivity index (χ2n) is 7.68. The normalized spacial score (nSPS) is 16.7. The number of carbonyl (C=O) groups is 2. The van der Waals surface area contributed by atoms with E-state index in [2.05, 4.69) is 10.6 Å². The van der Waals surface area contributed by atoms with Gasteiger partial charge in [-0.25, -0.2) is 0 Å². The van der Waals surface area contributed by atoms with Crippen LogP contribution in [0.15, 0.2) is 36.4 Å². The second-order valence-corrected chi connectivity index (χ2v) is 7.68. The Morgan fingerprint density at radius 1 is 0.833 bits per heavy atom. The van der Waals surface area contributed by atoms with Gasteiger partial charge in [-0.1, -0.05) is 12.1 Å². The van der Waals surface area contributed by atoms with Gasteiger partial charge in [0.2, 0.25) is 0 Å². The van der Waals surface area contributed by atoms with Gasteiger partial charge in [0.25, 0.3) is 11.8 Å². The first-order valence-corrected chi connectivity index (χ1v) is 9.80. The summed E-state index contributed by atoms with van der Waals surface area (Å²) in [7, 11) is -2.03. The van der Waals surface area contributed by atoms with Gasteiger partial charge < -0.3 is 30.0 Å². The largest absolute Gasteiger partial charge is 0.491 e. The van der Waals surface area contributed by atoms with Crippen LogP contribution in [-0.2, 0) is 22.5 Å². The van der Waals surface area contributed by atoms with E-state index in [1.165, 1.54) is 0 Å². The summed E-state index contributed by atoms with van der Waals surface area (Å²) in [5.74, 6) is -0.605. The van der Waals surface area contributed by atoms with Crippen molar-refractivity contribution in [3.63, 3.8) is 0 Å². The maximum Gasteiger partial charge on any atom is 0.491 e. The molecule has 2 aliphatic rings. The van der Waals surface area contributed by atoms with Crippen molar-refractivity contribution in [2.75, 3.05) is 0 Å². The van der Waals surface area contributed by atoms with Gasteiger partial charge in [0.1, 0.15) is 0 Å². The fourth-order valence-corrected chi connectivity index (χ4v) is 3.54. The Morgan fingerprint density at radius 3 is 1.63 bits per heavy atom. The average Bonchev–Trinajstić information content (AvgIpc) is 3.30. The molecule has 0 saturated heterocycles. The van der Waals surface area contributed by atoms with Crippen molar-refractivity contribution in [3.05, 3.63) is 58.7 Å². The number of hydrogen-bond acceptors (Lipinski definition) is 6. The number of nitrogens with one attached hydrogen (secondary N) is 2. The lowest BCUT2D eigenvalue weighted by atomic mass is 9.78. The van der Waals surface area contributed by atoms with Gasteiger partial charge in [0.15, 0.2) is 0 Å². The van der Waals surface area contributed by atoms with Crippen LogP contribution in [0.1, 0.15) is 45.7 Å². The first kappa shape index (κ1) is 20.6. The number of amides is 2. The van der Waals surface area contributed by atoms with Crippen molar-refractivity contribution in [1.29, 1.82) is 0 Å². The van der Waals surface area contributed by atoms with Crippen molar-refractivity contribution in [1.82, 2.24) is 10.6 Å². The van der Waals surface area contributed by atoms with Crippen LogP contribution in [0.25, 0.3) is 0 Å². The minimum absolute atomic E-state index is 0.302. The van der Waals surface area contributed by atoms with Gasteiger partial charge >= 0.3 is 14.2 Å². The molecule has 2 unspecified atom stereocenters. The predicted molar refractivity (Wildman–Crippen MR) is 112 cm³/mol. The maximum atomic E-state index is 12.6. The molecule has 0 aromatic heterocycles. The lowest BCUT2D eigenvalue weighted by Gasteiger charge is -2.23. The molecule has 0 spiro atoms. The van der Waals surface area contributed by atoms with Gasteiger partial charge in [0, 0.05) is 23.2 Å². The number of benzene rings is 2. The van der Waals surface area contributed by atoms with E-state index >= 15 is 0 Å². The fourth-order valence-electron chi connectivity index (χ4n) is 3.54. The topological polar surface area (TPSA) is 117 Å². The smallest absolute Gasteiger partial charge is 0.423 e. The number of carbonyl (C=O) groups excluding carboxylic acids is 2. The summed E-state index contributed by atoms with van der Waals surface area (Å²) in [5, 5.41) is 25.4. The SMILES string of the molecule is CC(NC(=O)c1ccc2c(c1)B(O)OC2)C(C)NC(=O)c1ccc2c(c1)B(O)OC2. The van der Waals surface area contributed by atoms with Crippen LogP contribution in [0.2, 0.25) is 0 Å². The van der Waals surface area contributed by atoms with Crippen LogP contribution >= 0.6 is 0 Å². The number of fused-ring (bicyclic) bond motifs is 2. The van der Waals surface area contributed by atoms with E-state index in [-0.39, 0.29) is 23.9 Å². The van der Waals surface area contributed by atoms with Crippen molar-refractivity contribution in [2.24, 2.45) is 0 Å². The molecule has 2 aromatic carbocycles. The molecule has 2 aliphatic heterocycles. The van der Waals surface area contributed by atoms with Crippen LogP contribution in [0.3, 0.4) is 0 Å². The second kappa shape index (κ2) is 8.23. The molecule has 8 nitrogen and oxygen atoms in total. The molecule has 2 heterocycles. The fraction of sp³-hybridized carbons (Fsp3) is 0.300. The van der Waals surface area contributed by atoms with Gasteiger partial charge in [-0.05, 0) is 60.2 Å². The van der Waals surface area contributed by atoms with Gasteiger partial charge in [-0.3, -0.25) is 9.59 Å². The Kier molecular flexibility index (Phi) is 5.66. The Morgan fingerprint density at radius 2 is 1.23 bits per heavy atom. The monoisotopic (exact) mass is 408 g/mol. The van der Waals surface area contributed by atoms with E-state index in [1.54, 1.807) is 50.2 Å². The highest BCUT2D eigenvalue weighted by Gasteiger charge is 2.29. The zero-order chi connectivity index (χ0) is 21.4. The lowest BCUT2D eigenvalue weighted by molar-refractivity contribution is 0.0892. The highest BCUT2D eigenvalue weighted by Crippen LogP contribution is 2.13. The maximum absolute atomic E-state index is 12.6. The third kappa shape index (κ3) is 3.99. The minimum atomic E-state index is -1.01. The summed E-state index contributed by atoms with van der Waals surface area (Å²) >= 11 is 0. The molecule has 30 heavy (non-hydrogen) atoms. The zero-order valence-corrected chi connectivity index (χ0v) is 16.7. The summed E-state index contributed by atoms with van der Waals surface area (Å²) in [6.07, 6.45) is 0. The molecule has 0 aliphatic carbocycles. The number of rotatable bonds is 5. The Bertz CT molecular complexity index is 922. The van der Waals surface area contributed by atoms with Crippen molar-refractivity contribution < 1.29 is 28.9 Å². The first-order chi connectivity index (χ1) is 14.3. The summed E-state index contributed by atoms with van der Waals surface area (Å²) in [4.78, 5) is 25.2. The third-order valence-corrected chi connectivity index (χ3v) is 5.61. The highest BCUT2D eigenvalue weighted by molar-refractivity contribution is 6.62. The van der Waals surface area contributed by atoms with Crippen LogP contribution < -0.4 is 21.6 Å². The third-order valence-electron chi connectivity index (χ3n) is 5.61. The molecule has 0 fully saturated rings. The summed E-state index contributed by atoms with van der Waals surface area (Å²) < 4.78 is 10.3. The molecule has 2 amide bonds. The molecule has 2 atom stereocenters. The van der Waals surface area contributed by atoms with Gasteiger partial charge in [0.05, 0.1) is 13.2 Å². The molecular weight excluding hydrogens is 386 g/mol. The van der Waals surface area contributed by atoms with E-state index in [4.69, 9.17) is 9.31 Å². The van der Waals surface area contributed by atoms with Crippen LogP contribution in [0.5, 0.6) is 0 Å². The van der Waals surface area contributed by atoms with Gasteiger partial charge in [-0.15, -0.1) is 0 Å². The van der Waals surface area contributed by atoms with E-state index in [1.807, 2.05) is 0 Å². The van der Waals surface area contributed by atoms with Crippen LogP contribution in [0, 0.1) is 0 Å². The van der Waals surface area contributed by atoms with E-state index in [0.29, 0.717) is 35.3 Å². The zero-order valence-electron chi connectivity index (χ0n) is 16.7. The average molecular weight is 408 g/mol. The molecule has 4 rings (SSSR count).